The molecule has 0 unspecified atom stereocenters. The number of aromatic nitrogens is 2. The molecule has 0 amide bonds. The van der Waals surface area contributed by atoms with Gasteiger partial charge in [0, 0.05) is 45.0 Å². The van der Waals surface area contributed by atoms with Crippen molar-refractivity contribution >= 4 is 23.7 Å². The Morgan fingerprint density at radius 1 is 1.27 bits per heavy atom. The Bertz CT molecular complexity index is 842. The maximum atomic E-state index is 12.8. The van der Waals surface area contributed by atoms with E-state index < -0.39 is 11.7 Å². The zero-order valence-corrected chi connectivity index (χ0v) is 17.0. The van der Waals surface area contributed by atoms with E-state index in [2.05, 4.69) is 37.9 Å². The molecular weight excluding hydrogens is 401 g/mol. The third-order valence-electron chi connectivity index (χ3n) is 4.28. The second kappa shape index (κ2) is 10.7. The molecule has 1 aliphatic heterocycles. The van der Waals surface area contributed by atoms with Crippen molar-refractivity contribution in [3.8, 4) is 5.75 Å². The number of nitrogens with zero attached hydrogens (tertiary/aromatic N) is 3. The Morgan fingerprint density at radius 3 is 2.47 bits per heavy atom. The lowest BCUT2D eigenvalue weighted by Crippen LogP contribution is -2.40. The van der Waals surface area contributed by atoms with Crippen LogP contribution >= 0.6 is 0 Å². The van der Waals surface area contributed by atoms with Crippen molar-refractivity contribution in [2.24, 2.45) is 0 Å². The highest BCUT2D eigenvalue weighted by Crippen LogP contribution is 2.34. The van der Waals surface area contributed by atoms with Gasteiger partial charge in [-0.25, -0.2) is 4.98 Å². The molecule has 2 aromatic rings. The molecule has 8 nitrogen and oxygen atoms in total. The van der Waals surface area contributed by atoms with E-state index >= 15 is 0 Å². The first kappa shape index (κ1) is 23.4. The molecule has 0 atom stereocenters. The van der Waals surface area contributed by atoms with Gasteiger partial charge in [0.15, 0.2) is 0 Å². The Labute approximate surface area is 172 Å². The van der Waals surface area contributed by atoms with E-state index in [-0.39, 0.29) is 11.8 Å². The van der Waals surface area contributed by atoms with E-state index in [0.717, 1.165) is 13.1 Å². The smallest absolute Gasteiger partial charge is 0.421 e. The van der Waals surface area contributed by atoms with Gasteiger partial charge in [0.05, 0.1) is 12.8 Å². The molecule has 1 fully saturated rings. The molecular formula is C19H25F3N6O2. The molecule has 2 heterocycles. The molecule has 1 aliphatic rings. The van der Waals surface area contributed by atoms with Crippen molar-refractivity contribution in [3.63, 3.8) is 0 Å². The van der Waals surface area contributed by atoms with Gasteiger partial charge in [-0.05, 0) is 25.2 Å². The van der Waals surface area contributed by atoms with Gasteiger partial charge in [-0.2, -0.15) is 18.2 Å². The largest absolute Gasteiger partial charge is 0.495 e. The molecule has 164 valence electrons. The monoisotopic (exact) mass is 426 g/mol. The molecule has 0 bridgehead atoms. The normalized spacial score (nSPS) is 14.3. The number of nitrogens with one attached hydrogen (secondary N) is 3. The number of hydrogen-bond donors (Lipinski definition) is 3. The number of alkyl halides is 3. The minimum Gasteiger partial charge on any atom is -0.495 e. The van der Waals surface area contributed by atoms with Crippen LogP contribution in [0.3, 0.4) is 0 Å². The number of piperazine rings is 1. The highest BCUT2D eigenvalue weighted by atomic mass is 19.4. The molecule has 0 saturated carbocycles. The van der Waals surface area contributed by atoms with Crippen LogP contribution in [0.5, 0.6) is 5.75 Å². The van der Waals surface area contributed by atoms with Crippen LogP contribution in [0.25, 0.3) is 0 Å². The topological polar surface area (TPSA) is 91.4 Å². The second-order valence-electron chi connectivity index (χ2n) is 6.46. The summed E-state index contributed by atoms with van der Waals surface area (Å²) in [5.41, 5.74) is -0.148. The third-order valence-corrected chi connectivity index (χ3v) is 4.28. The zero-order valence-electron chi connectivity index (χ0n) is 17.0. The van der Waals surface area contributed by atoms with Gasteiger partial charge in [-0.15, -0.1) is 0 Å². The van der Waals surface area contributed by atoms with Crippen molar-refractivity contribution in [3.05, 3.63) is 35.5 Å². The molecule has 30 heavy (non-hydrogen) atoms. The molecule has 0 spiro atoms. The van der Waals surface area contributed by atoms with Crippen molar-refractivity contribution in [1.29, 1.82) is 0 Å². The molecule has 3 rings (SSSR count). The predicted octanol–water partition coefficient (Wildman–Crippen LogP) is 2.62. The maximum absolute atomic E-state index is 12.8. The van der Waals surface area contributed by atoms with E-state index in [1.54, 1.807) is 6.07 Å². The minimum atomic E-state index is -4.56. The van der Waals surface area contributed by atoms with Crippen LogP contribution in [0.1, 0.15) is 15.9 Å². The maximum Gasteiger partial charge on any atom is 0.421 e. The number of ether oxygens (including phenoxy) is 1. The van der Waals surface area contributed by atoms with E-state index in [9.17, 15) is 18.0 Å². The van der Waals surface area contributed by atoms with Gasteiger partial charge >= 0.3 is 6.18 Å². The number of benzene rings is 1. The fourth-order valence-electron chi connectivity index (χ4n) is 2.62. The quantitative estimate of drug-likeness (QED) is 0.629. The van der Waals surface area contributed by atoms with E-state index in [1.165, 1.54) is 39.4 Å². The van der Waals surface area contributed by atoms with E-state index in [1.807, 2.05) is 0 Å². The first-order chi connectivity index (χ1) is 14.3. The Hall–Kier alpha value is -2.92. The summed E-state index contributed by atoms with van der Waals surface area (Å²) >= 11 is 0. The molecule has 3 N–H and O–H groups in total. The standard InChI is InChI=1S/C14H13F3N4O2.C5H12N2/c1-18-12-9(14(15,16)17)6-19-13(21-12)20-10-4-3-8(7-22)5-11(10)23-2;1-7-4-2-6-3-5-7/h3-7H,1-2H3,(H2,18,19,20,21);6H,2-5H2,1H3. The summed E-state index contributed by atoms with van der Waals surface area (Å²) in [5.74, 6) is -0.0536. The lowest BCUT2D eigenvalue weighted by molar-refractivity contribution is -0.137. The number of rotatable bonds is 5. The minimum absolute atomic E-state index is 0.0421. The van der Waals surface area contributed by atoms with Crippen LogP contribution < -0.4 is 20.7 Å². The predicted molar refractivity (Wildman–Crippen MR) is 109 cm³/mol. The summed E-state index contributed by atoms with van der Waals surface area (Å²) in [6.45, 7) is 4.74. The summed E-state index contributed by atoms with van der Waals surface area (Å²) in [6.07, 6.45) is -3.21. The van der Waals surface area contributed by atoms with Gasteiger partial charge in [0.25, 0.3) is 0 Å². The second-order valence-corrected chi connectivity index (χ2v) is 6.46. The van der Waals surface area contributed by atoms with Gasteiger partial charge in [0.2, 0.25) is 5.95 Å². The van der Waals surface area contributed by atoms with Crippen LogP contribution in [0.4, 0.5) is 30.6 Å². The number of hydrogen-bond acceptors (Lipinski definition) is 8. The average molecular weight is 426 g/mol. The fourth-order valence-corrected chi connectivity index (χ4v) is 2.62. The first-order valence-corrected chi connectivity index (χ1v) is 9.20. The highest BCUT2D eigenvalue weighted by Gasteiger charge is 2.35. The van der Waals surface area contributed by atoms with Crippen molar-refractivity contribution in [1.82, 2.24) is 20.2 Å². The number of aldehydes is 1. The number of carbonyl (C=O) groups excluding carboxylic acids is 1. The zero-order chi connectivity index (χ0) is 22.1. The number of carbonyl (C=O) groups is 1. The van der Waals surface area contributed by atoms with Crippen LogP contribution in [0.2, 0.25) is 0 Å². The molecule has 1 aromatic heterocycles. The highest BCUT2D eigenvalue weighted by molar-refractivity contribution is 5.78. The van der Waals surface area contributed by atoms with Crippen LogP contribution in [0.15, 0.2) is 24.4 Å². The van der Waals surface area contributed by atoms with Crippen molar-refractivity contribution in [2.75, 3.05) is 58.0 Å². The summed E-state index contributed by atoms with van der Waals surface area (Å²) < 4.78 is 43.5. The third kappa shape index (κ3) is 6.56. The van der Waals surface area contributed by atoms with Gasteiger partial charge in [-0.1, -0.05) is 0 Å². The molecule has 1 aromatic carbocycles. The molecule has 0 radical (unpaired) electrons. The van der Waals surface area contributed by atoms with Crippen LogP contribution in [-0.2, 0) is 6.18 Å². The van der Waals surface area contributed by atoms with Crippen molar-refractivity contribution < 1.29 is 22.7 Å². The molecule has 11 heteroatoms. The summed E-state index contributed by atoms with van der Waals surface area (Å²) in [6, 6.07) is 4.56. The number of likely N-dealkylation sites (N-methyl/N-ethyl adjacent to an activating group) is 1. The van der Waals surface area contributed by atoms with Crippen molar-refractivity contribution in [2.45, 2.75) is 6.18 Å². The SMILES string of the molecule is CN1CCNCC1.CNc1nc(Nc2ccc(C=O)cc2OC)ncc1C(F)(F)F. The van der Waals surface area contributed by atoms with E-state index in [0.29, 0.717) is 29.5 Å². The molecule has 1 saturated heterocycles. The molecule has 0 aliphatic carbocycles. The first-order valence-electron chi connectivity index (χ1n) is 9.20. The van der Waals surface area contributed by atoms with Gasteiger partial charge < -0.3 is 25.6 Å². The number of anilines is 3. The van der Waals surface area contributed by atoms with Crippen LogP contribution in [-0.4, -0.2) is 68.5 Å². The van der Waals surface area contributed by atoms with Crippen LogP contribution in [0, 0.1) is 0 Å². The summed E-state index contributed by atoms with van der Waals surface area (Å²) in [5, 5.41) is 8.42. The lowest BCUT2D eigenvalue weighted by Gasteiger charge is -2.21. The van der Waals surface area contributed by atoms with E-state index in [4.69, 9.17) is 4.74 Å². The Kier molecular flexibility index (Phi) is 8.36. The van der Waals surface area contributed by atoms with Gasteiger partial charge in [-0.3, -0.25) is 4.79 Å². The summed E-state index contributed by atoms with van der Waals surface area (Å²) in [7, 11) is 4.89. The number of halogens is 3. The van der Waals surface area contributed by atoms with Gasteiger partial charge in [0.1, 0.15) is 23.4 Å². The average Bonchev–Trinajstić information content (AvgIpc) is 2.74. The Balaban J connectivity index is 0.000000386. The lowest BCUT2D eigenvalue weighted by atomic mass is 10.2. The fraction of sp³-hybridized carbons (Fsp3) is 0.421. The Morgan fingerprint density at radius 2 is 1.97 bits per heavy atom. The number of methoxy groups -OCH3 is 1. The summed E-state index contributed by atoms with van der Waals surface area (Å²) in [4.78, 5) is 20.5.